The van der Waals surface area contributed by atoms with Gasteiger partial charge >= 0.3 is 0 Å². The molecule has 1 aromatic carbocycles. The number of benzene rings is 1. The largest absolute Gasteiger partial charge is 0.303 e. The molecule has 1 aromatic rings. The van der Waals surface area contributed by atoms with Crippen molar-refractivity contribution >= 4 is 17.9 Å². The first-order chi connectivity index (χ1) is 6.65. The van der Waals surface area contributed by atoms with E-state index in [2.05, 4.69) is 0 Å². The van der Waals surface area contributed by atoms with E-state index in [9.17, 15) is 13.6 Å². The Morgan fingerprint density at radius 1 is 1.43 bits per heavy atom. The van der Waals surface area contributed by atoms with Gasteiger partial charge in [0.1, 0.15) is 6.29 Å². The summed E-state index contributed by atoms with van der Waals surface area (Å²) in [5.74, 6) is 0. The summed E-state index contributed by atoms with van der Waals surface area (Å²) in [5, 5.41) is 0.0587. The van der Waals surface area contributed by atoms with Gasteiger partial charge in [0.05, 0.1) is 0 Å². The van der Waals surface area contributed by atoms with Gasteiger partial charge in [0, 0.05) is 17.0 Å². The van der Waals surface area contributed by atoms with Crippen LogP contribution in [0.15, 0.2) is 18.2 Å². The van der Waals surface area contributed by atoms with Crippen LogP contribution < -0.4 is 0 Å². The predicted molar refractivity (Wildman–Crippen MR) is 50.8 cm³/mol. The first-order valence-electron chi connectivity index (χ1n) is 4.15. The zero-order chi connectivity index (χ0) is 10.6. The Bertz CT molecular complexity index is 326. The second-order valence-corrected chi connectivity index (χ2v) is 3.27. The summed E-state index contributed by atoms with van der Waals surface area (Å²) in [7, 11) is 0. The van der Waals surface area contributed by atoms with Crippen LogP contribution in [0, 0.1) is 0 Å². The van der Waals surface area contributed by atoms with Crippen molar-refractivity contribution < 1.29 is 13.6 Å². The predicted octanol–water partition coefficient (Wildman–Crippen LogP) is 3.41. The normalized spacial score (nSPS) is 10.6. The minimum absolute atomic E-state index is 0.0587. The second kappa shape index (κ2) is 5.05. The third-order valence-corrected chi connectivity index (χ3v) is 2.18. The smallest absolute Gasteiger partial charge is 0.265 e. The molecule has 0 fully saturated rings. The molecule has 0 saturated carbocycles. The van der Waals surface area contributed by atoms with Crippen molar-refractivity contribution in [3.8, 4) is 0 Å². The lowest BCUT2D eigenvalue weighted by Gasteiger charge is -2.04. The maximum absolute atomic E-state index is 12.3. The molecule has 0 aliphatic rings. The first kappa shape index (κ1) is 11.1. The van der Waals surface area contributed by atoms with Gasteiger partial charge in [0.25, 0.3) is 6.43 Å². The molecule has 0 heterocycles. The number of carbonyl (C=O) groups excluding carboxylic acids is 1. The van der Waals surface area contributed by atoms with Crippen molar-refractivity contribution in [3.63, 3.8) is 0 Å². The SMILES string of the molecule is O=CCCc1ccc(C(F)F)c(Cl)c1. The summed E-state index contributed by atoms with van der Waals surface area (Å²) < 4.78 is 24.5. The van der Waals surface area contributed by atoms with Crippen LogP contribution in [0.25, 0.3) is 0 Å². The Balaban J connectivity index is 2.83. The summed E-state index contributed by atoms with van der Waals surface area (Å²) in [6, 6.07) is 4.34. The fourth-order valence-electron chi connectivity index (χ4n) is 1.13. The van der Waals surface area contributed by atoms with Gasteiger partial charge in [0.2, 0.25) is 0 Å². The molecule has 0 unspecified atom stereocenters. The second-order valence-electron chi connectivity index (χ2n) is 2.86. The average Bonchev–Trinajstić information content (AvgIpc) is 2.14. The van der Waals surface area contributed by atoms with Gasteiger partial charge in [-0.15, -0.1) is 0 Å². The van der Waals surface area contributed by atoms with Gasteiger partial charge in [-0.25, -0.2) is 8.78 Å². The topological polar surface area (TPSA) is 17.1 Å². The van der Waals surface area contributed by atoms with Crippen molar-refractivity contribution in [3.05, 3.63) is 34.3 Å². The molecule has 0 spiro atoms. The third-order valence-electron chi connectivity index (χ3n) is 1.85. The monoisotopic (exact) mass is 218 g/mol. The van der Waals surface area contributed by atoms with E-state index in [1.807, 2.05) is 0 Å². The number of aldehydes is 1. The standard InChI is InChI=1S/C10H9ClF2O/c11-9-6-7(2-1-5-14)3-4-8(9)10(12)13/h3-6,10H,1-2H2. The number of carbonyl (C=O) groups is 1. The number of hydrogen-bond acceptors (Lipinski definition) is 1. The van der Waals surface area contributed by atoms with Crippen molar-refractivity contribution in [2.24, 2.45) is 0 Å². The van der Waals surface area contributed by atoms with E-state index in [1.54, 1.807) is 6.07 Å². The van der Waals surface area contributed by atoms with Crippen molar-refractivity contribution in [1.82, 2.24) is 0 Å². The minimum Gasteiger partial charge on any atom is -0.303 e. The lowest BCUT2D eigenvalue weighted by Crippen LogP contribution is -1.90. The van der Waals surface area contributed by atoms with Crippen LogP contribution in [-0.4, -0.2) is 6.29 Å². The quantitative estimate of drug-likeness (QED) is 0.708. The molecule has 4 heteroatoms. The molecule has 1 rings (SSSR count). The zero-order valence-electron chi connectivity index (χ0n) is 7.34. The number of rotatable bonds is 4. The van der Waals surface area contributed by atoms with E-state index < -0.39 is 6.43 Å². The van der Waals surface area contributed by atoms with Gasteiger partial charge in [-0.3, -0.25) is 0 Å². The van der Waals surface area contributed by atoms with Gasteiger partial charge in [-0.2, -0.15) is 0 Å². The molecule has 0 aliphatic carbocycles. The summed E-state index contributed by atoms with van der Waals surface area (Å²) in [4.78, 5) is 10.1. The molecule has 0 atom stereocenters. The van der Waals surface area contributed by atoms with E-state index in [1.165, 1.54) is 12.1 Å². The Hall–Kier alpha value is -0.960. The molecule has 0 radical (unpaired) electrons. The molecule has 76 valence electrons. The van der Waals surface area contributed by atoms with Crippen LogP contribution in [0.5, 0.6) is 0 Å². The van der Waals surface area contributed by atoms with Crippen molar-refractivity contribution in [1.29, 1.82) is 0 Å². The number of halogens is 3. The molecular weight excluding hydrogens is 210 g/mol. The summed E-state index contributed by atoms with van der Waals surface area (Å²) in [5.41, 5.74) is 0.632. The van der Waals surface area contributed by atoms with Crippen LogP contribution in [0.4, 0.5) is 8.78 Å². The molecule has 0 N–H and O–H groups in total. The fourth-order valence-corrected chi connectivity index (χ4v) is 1.41. The molecule has 14 heavy (non-hydrogen) atoms. The highest BCUT2D eigenvalue weighted by Crippen LogP contribution is 2.27. The molecule has 0 aliphatic heterocycles. The molecule has 1 nitrogen and oxygen atoms in total. The third kappa shape index (κ3) is 2.77. The Morgan fingerprint density at radius 2 is 2.14 bits per heavy atom. The van der Waals surface area contributed by atoms with Crippen molar-refractivity contribution in [2.75, 3.05) is 0 Å². The molecule has 0 bridgehead atoms. The molecule has 0 aromatic heterocycles. The number of aryl methyl sites for hydroxylation is 1. The summed E-state index contributed by atoms with van der Waals surface area (Å²) in [6.45, 7) is 0. The lowest BCUT2D eigenvalue weighted by atomic mass is 10.1. The Morgan fingerprint density at radius 3 is 2.64 bits per heavy atom. The highest BCUT2D eigenvalue weighted by molar-refractivity contribution is 6.31. The van der Waals surface area contributed by atoms with E-state index in [0.29, 0.717) is 12.8 Å². The first-order valence-corrected chi connectivity index (χ1v) is 4.53. The van der Waals surface area contributed by atoms with Crippen LogP contribution >= 0.6 is 11.6 Å². The van der Waals surface area contributed by atoms with Crippen LogP contribution in [-0.2, 0) is 11.2 Å². The number of alkyl halides is 2. The summed E-state index contributed by atoms with van der Waals surface area (Å²) in [6.07, 6.45) is -0.853. The van der Waals surface area contributed by atoms with Gasteiger partial charge in [-0.1, -0.05) is 23.7 Å². The van der Waals surface area contributed by atoms with E-state index in [4.69, 9.17) is 11.6 Å². The van der Waals surface area contributed by atoms with Crippen molar-refractivity contribution in [2.45, 2.75) is 19.3 Å². The van der Waals surface area contributed by atoms with Crippen LogP contribution in [0.3, 0.4) is 0 Å². The maximum atomic E-state index is 12.3. The number of hydrogen-bond donors (Lipinski definition) is 0. The molecular formula is C10H9ClF2O. The summed E-state index contributed by atoms with van der Waals surface area (Å²) >= 11 is 5.63. The molecule has 0 amide bonds. The fraction of sp³-hybridized carbons (Fsp3) is 0.300. The van der Waals surface area contributed by atoms with E-state index >= 15 is 0 Å². The van der Waals surface area contributed by atoms with Gasteiger partial charge in [0.15, 0.2) is 0 Å². The van der Waals surface area contributed by atoms with E-state index in [0.717, 1.165) is 11.8 Å². The highest BCUT2D eigenvalue weighted by atomic mass is 35.5. The van der Waals surface area contributed by atoms with Gasteiger partial charge in [-0.05, 0) is 18.1 Å². The lowest BCUT2D eigenvalue weighted by molar-refractivity contribution is -0.107. The van der Waals surface area contributed by atoms with E-state index in [-0.39, 0.29) is 10.6 Å². The maximum Gasteiger partial charge on any atom is 0.265 e. The Kier molecular flexibility index (Phi) is 4.01. The van der Waals surface area contributed by atoms with Crippen LogP contribution in [0.2, 0.25) is 5.02 Å². The highest BCUT2D eigenvalue weighted by Gasteiger charge is 2.11. The Labute approximate surface area is 85.7 Å². The zero-order valence-corrected chi connectivity index (χ0v) is 8.10. The van der Waals surface area contributed by atoms with Gasteiger partial charge < -0.3 is 4.79 Å². The van der Waals surface area contributed by atoms with Crippen LogP contribution in [0.1, 0.15) is 24.0 Å². The minimum atomic E-state index is -2.55. The molecule has 0 saturated heterocycles. The average molecular weight is 219 g/mol.